The molecule has 0 spiro atoms. The molecule has 0 N–H and O–H groups in total. The third-order valence-electron chi connectivity index (χ3n) is 6.50. The van der Waals surface area contributed by atoms with Crippen molar-refractivity contribution in [2.24, 2.45) is 0 Å². The summed E-state index contributed by atoms with van der Waals surface area (Å²) in [5.41, 5.74) is 5.05. The van der Waals surface area contributed by atoms with Gasteiger partial charge in [-0.3, -0.25) is 9.38 Å². The number of aryl methyl sites for hydroxylation is 2. The molecule has 0 unspecified atom stereocenters. The Morgan fingerprint density at radius 3 is 2.25 bits per heavy atom. The Morgan fingerprint density at radius 1 is 0.545 bits per heavy atom. The van der Waals surface area contributed by atoms with E-state index in [1.165, 1.54) is 25.1 Å². The summed E-state index contributed by atoms with van der Waals surface area (Å²) in [7, 11) is 0. The second-order valence-electron chi connectivity index (χ2n) is 9.37. The van der Waals surface area contributed by atoms with Crippen LogP contribution in [0.25, 0.3) is 22.6 Å². The molecule has 0 fully saturated rings. The highest BCUT2D eigenvalue weighted by Crippen LogP contribution is 2.13. The highest BCUT2D eigenvalue weighted by molar-refractivity contribution is 5.36. The van der Waals surface area contributed by atoms with E-state index in [0.29, 0.717) is 0 Å². The van der Waals surface area contributed by atoms with Gasteiger partial charge in [0.1, 0.15) is 6.33 Å². The van der Waals surface area contributed by atoms with Crippen molar-refractivity contribution in [3.05, 3.63) is 147 Å². The molecule has 0 saturated carbocycles. The maximum atomic E-state index is 4.04. The topological polar surface area (TPSA) is 126 Å². The fourth-order valence-corrected chi connectivity index (χ4v) is 4.39. The second-order valence-corrected chi connectivity index (χ2v) is 9.37. The van der Waals surface area contributed by atoms with E-state index in [1.54, 1.807) is 58.7 Å². The third-order valence-corrected chi connectivity index (χ3v) is 6.50. The van der Waals surface area contributed by atoms with Crippen molar-refractivity contribution < 1.29 is 0 Å². The molecule has 0 aliphatic carbocycles. The summed E-state index contributed by atoms with van der Waals surface area (Å²) in [5.74, 6) is 0. The van der Waals surface area contributed by atoms with Crippen LogP contribution in [0.1, 0.15) is 12.1 Å². The Hall–Kier alpha value is -6.24. The smallest absolute Gasteiger partial charge is 0.160 e. The Balaban J connectivity index is 0.0000000975. The first-order chi connectivity index (χ1) is 21.8. The van der Waals surface area contributed by atoms with Gasteiger partial charge in [-0.1, -0.05) is 6.07 Å². The highest BCUT2D eigenvalue weighted by Gasteiger charge is 2.06. The van der Waals surface area contributed by atoms with Gasteiger partial charge in [-0.15, -0.1) is 10.2 Å². The lowest BCUT2D eigenvalue weighted by Crippen LogP contribution is -1.86. The number of pyridine rings is 1. The van der Waals surface area contributed by atoms with Gasteiger partial charge in [0.15, 0.2) is 22.6 Å². The monoisotopic (exact) mass is 583 g/mol. The first-order valence-electron chi connectivity index (χ1n) is 13.9. The van der Waals surface area contributed by atoms with Crippen LogP contribution in [0.3, 0.4) is 0 Å². The first kappa shape index (κ1) is 27.9. The molecule has 218 valence electrons. The van der Waals surface area contributed by atoms with Crippen LogP contribution in [-0.4, -0.2) is 62.7 Å². The number of aromatic nitrogens is 13. The van der Waals surface area contributed by atoms with E-state index < -0.39 is 0 Å². The normalized spacial score (nSPS) is 11.4. The molecule has 44 heavy (non-hydrogen) atoms. The molecule has 0 saturated heterocycles. The van der Waals surface area contributed by atoms with Gasteiger partial charge in [0, 0.05) is 86.5 Å². The van der Waals surface area contributed by atoms with Gasteiger partial charge in [0.05, 0.1) is 12.4 Å². The van der Waals surface area contributed by atoms with E-state index in [9.17, 15) is 0 Å². The summed E-state index contributed by atoms with van der Waals surface area (Å²) < 4.78 is 9.53. The molecule has 13 nitrogen and oxygen atoms in total. The molecule has 0 amide bonds. The first-order valence-corrected chi connectivity index (χ1v) is 13.9. The van der Waals surface area contributed by atoms with Gasteiger partial charge >= 0.3 is 0 Å². The summed E-state index contributed by atoms with van der Waals surface area (Å²) in [5, 5.41) is 15.5. The maximum Gasteiger partial charge on any atom is 0.160 e. The largest absolute Gasteiger partial charge is 0.351 e. The van der Waals surface area contributed by atoms with Crippen molar-refractivity contribution >= 4 is 22.6 Å². The fraction of sp³-hybridized carbons (Fsp3) is 0.0968. The number of imidazole rings is 2. The van der Waals surface area contributed by atoms with Crippen LogP contribution in [0.5, 0.6) is 0 Å². The van der Waals surface area contributed by atoms with Crippen molar-refractivity contribution in [3.8, 4) is 0 Å². The van der Waals surface area contributed by atoms with Crippen molar-refractivity contribution in [1.82, 2.24) is 62.7 Å². The van der Waals surface area contributed by atoms with Crippen LogP contribution in [0.2, 0.25) is 0 Å². The molecule has 0 radical (unpaired) electrons. The van der Waals surface area contributed by atoms with Gasteiger partial charge in [0.25, 0.3) is 0 Å². The lowest BCUT2D eigenvalue weighted by molar-refractivity contribution is 0.750. The maximum absolute atomic E-state index is 4.04. The van der Waals surface area contributed by atoms with Gasteiger partial charge in [-0.05, 0) is 55.3 Å². The standard InChI is InChI=1S/C7H9N.4C6H5N3/c1-3-7-4-2-6-8(7)5-1;1-3-9-4-2-8-6(9)5-7-1;1-3-7-6-2-4-8-9(6)5-1;1-2-6-7-4-5-9(6)8-3-1;1-2-4-9-5-7-8-6(9)3-1/h1,3,5H,2,4,6H2;4*1-5H. The van der Waals surface area contributed by atoms with Crippen molar-refractivity contribution in [2.75, 3.05) is 0 Å². The van der Waals surface area contributed by atoms with Crippen LogP contribution in [0.15, 0.2) is 141 Å². The number of rotatable bonds is 0. The molecule has 10 heterocycles. The molecular weight excluding hydrogens is 554 g/mol. The predicted molar refractivity (Wildman–Crippen MR) is 165 cm³/mol. The summed E-state index contributed by atoms with van der Waals surface area (Å²) in [4.78, 5) is 16.0. The van der Waals surface area contributed by atoms with Crippen LogP contribution in [0, 0.1) is 0 Å². The lowest BCUT2D eigenvalue weighted by atomic mass is 10.3. The molecule has 10 rings (SSSR count). The Morgan fingerprint density at radius 2 is 1.36 bits per heavy atom. The molecule has 1 aliphatic rings. The van der Waals surface area contributed by atoms with Crippen LogP contribution in [-0.2, 0) is 13.0 Å². The van der Waals surface area contributed by atoms with E-state index in [-0.39, 0.29) is 0 Å². The van der Waals surface area contributed by atoms with Gasteiger partial charge in [0.2, 0.25) is 0 Å². The molecule has 0 atom stereocenters. The van der Waals surface area contributed by atoms with E-state index in [2.05, 4.69) is 63.2 Å². The van der Waals surface area contributed by atoms with Crippen molar-refractivity contribution in [1.29, 1.82) is 0 Å². The van der Waals surface area contributed by atoms with Crippen molar-refractivity contribution in [2.45, 2.75) is 19.4 Å². The Bertz CT molecular complexity index is 1750. The average Bonchev–Trinajstić information content (AvgIpc) is 3.92. The second kappa shape index (κ2) is 14.1. The van der Waals surface area contributed by atoms with Gasteiger partial charge < -0.3 is 8.97 Å². The van der Waals surface area contributed by atoms with E-state index in [1.807, 2.05) is 82.3 Å². The minimum absolute atomic E-state index is 0.887. The molecule has 9 aromatic rings. The SMILES string of the molecule is c1cc2n(c1)CCC2.c1ccn2cnnc2c1.c1cn2ccnc2cn1.c1cnc2ccnn2c1.c1cnn2ccnc2c1. The van der Waals surface area contributed by atoms with Crippen LogP contribution in [0.4, 0.5) is 0 Å². The molecule has 13 heteroatoms. The molecule has 0 aromatic carbocycles. The highest BCUT2D eigenvalue weighted by atomic mass is 15.2. The lowest BCUT2D eigenvalue weighted by Gasteiger charge is -1.90. The Kier molecular flexibility index (Phi) is 8.94. The zero-order valence-electron chi connectivity index (χ0n) is 23.7. The summed E-state index contributed by atoms with van der Waals surface area (Å²) in [6.45, 7) is 1.24. The third kappa shape index (κ3) is 7.15. The zero-order chi connectivity index (χ0) is 29.8. The average molecular weight is 584 g/mol. The van der Waals surface area contributed by atoms with Gasteiger partial charge in [-0.25, -0.2) is 24.0 Å². The molecule has 0 bridgehead atoms. The van der Waals surface area contributed by atoms with E-state index in [0.717, 1.165) is 22.6 Å². The van der Waals surface area contributed by atoms with E-state index >= 15 is 0 Å². The Labute approximate surface area is 251 Å². The number of hydrogen-bond donors (Lipinski definition) is 0. The summed E-state index contributed by atoms with van der Waals surface area (Å²) in [6, 6.07) is 17.6. The molecule has 1 aliphatic heterocycles. The molecule has 9 aromatic heterocycles. The van der Waals surface area contributed by atoms with Crippen LogP contribution < -0.4 is 0 Å². The minimum Gasteiger partial charge on any atom is -0.351 e. The summed E-state index contributed by atoms with van der Waals surface area (Å²) in [6.07, 6.45) is 27.9. The zero-order valence-corrected chi connectivity index (χ0v) is 23.7. The number of hydrogen-bond acceptors (Lipinski definition) is 8. The van der Waals surface area contributed by atoms with Gasteiger partial charge in [-0.2, -0.15) is 10.2 Å². The quantitative estimate of drug-likeness (QED) is 0.258. The number of fused-ring (bicyclic) bond motifs is 5. The van der Waals surface area contributed by atoms with Crippen molar-refractivity contribution in [3.63, 3.8) is 0 Å². The summed E-state index contributed by atoms with van der Waals surface area (Å²) >= 11 is 0. The fourth-order valence-electron chi connectivity index (χ4n) is 4.39. The molecular formula is C31H29N13. The minimum atomic E-state index is 0.887. The van der Waals surface area contributed by atoms with Crippen LogP contribution >= 0.6 is 0 Å². The van der Waals surface area contributed by atoms with E-state index in [4.69, 9.17) is 0 Å². The number of nitrogens with zero attached hydrogens (tertiary/aromatic N) is 13. The predicted octanol–water partition coefficient (Wildman–Crippen LogP) is 4.35.